The Morgan fingerprint density at radius 1 is 1.14 bits per heavy atom. The van der Waals surface area contributed by atoms with Gasteiger partial charge in [0.15, 0.2) is 0 Å². The molecule has 0 heterocycles. The second-order valence-corrected chi connectivity index (χ2v) is 5.82. The number of nitrogens with two attached hydrogens (primary N) is 1. The maximum atomic E-state index is 11.9. The summed E-state index contributed by atoms with van der Waals surface area (Å²) in [5.74, 6) is 0.333. The molecule has 0 unspecified atom stereocenters. The predicted octanol–water partition coefficient (Wildman–Crippen LogP) is 1.89. The molecule has 1 saturated carbocycles. The summed E-state index contributed by atoms with van der Waals surface area (Å²) in [6.45, 7) is 2.50. The van der Waals surface area contributed by atoms with Crippen molar-refractivity contribution in [1.82, 2.24) is 5.32 Å². The highest BCUT2D eigenvalue weighted by molar-refractivity contribution is 5.93. The molecule has 4 N–H and O–H groups in total. The zero-order chi connectivity index (χ0) is 15.2. The zero-order valence-electron chi connectivity index (χ0n) is 12.4. The first kappa shape index (κ1) is 15.4. The van der Waals surface area contributed by atoms with Crippen LogP contribution in [0.25, 0.3) is 0 Å². The fourth-order valence-corrected chi connectivity index (χ4v) is 2.62. The van der Waals surface area contributed by atoms with Gasteiger partial charge in [-0.2, -0.15) is 0 Å². The molecule has 2 amide bonds. The molecule has 5 heteroatoms. The molecule has 1 aromatic rings. The molecule has 0 spiro atoms. The molecule has 0 saturated heterocycles. The summed E-state index contributed by atoms with van der Waals surface area (Å²) in [5, 5.41) is 6.11. The first-order valence-electron chi connectivity index (χ1n) is 7.47. The summed E-state index contributed by atoms with van der Waals surface area (Å²) < 4.78 is 0. The average Bonchev–Trinajstić information content (AvgIpc) is 2.48. The lowest BCUT2D eigenvalue weighted by Gasteiger charge is -2.27. The molecule has 0 aromatic heterocycles. The minimum atomic E-state index is -0.453. The molecule has 0 bridgehead atoms. The Bertz CT molecular complexity index is 491. The second kappa shape index (κ2) is 7.11. The summed E-state index contributed by atoms with van der Waals surface area (Å²) in [4.78, 5) is 22.9. The number of nitrogens with one attached hydrogen (secondary N) is 2. The van der Waals surface area contributed by atoms with Gasteiger partial charge in [0.05, 0.1) is 6.54 Å². The van der Waals surface area contributed by atoms with Crippen molar-refractivity contribution >= 4 is 17.5 Å². The van der Waals surface area contributed by atoms with Gasteiger partial charge in [0.2, 0.25) is 11.8 Å². The number of anilines is 1. The fourth-order valence-electron chi connectivity index (χ4n) is 2.62. The van der Waals surface area contributed by atoms with Crippen LogP contribution < -0.4 is 16.4 Å². The molecule has 1 aliphatic rings. The minimum Gasteiger partial charge on any atom is -0.376 e. The van der Waals surface area contributed by atoms with Crippen LogP contribution in [-0.2, 0) is 4.79 Å². The largest absolute Gasteiger partial charge is 0.376 e. The van der Waals surface area contributed by atoms with Gasteiger partial charge in [-0.25, -0.2) is 0 Å². The fraction of sp³-hybridized carbons (Fsp3) is 0.500. The predicted molar refractivity (Wildman–Crippen MR) is 83.0 cm³/mol. The van der Waals surface area contributed by atoms with Crippen LogP contribution in [0.15, 0.2) is 24.3 Å². The highest BCUT2D eigenvalue weighted by atomic mass is 16.2. The lowest BCUT2D eigenvalue weighted by Crippen LogP contribution is -2.40. The highest BCUT2D eigenvalue weighted by Crippen LogP contribution is 2.23. The van der Waals surface area contributed by atoms with Crippen molar-refractivity contribution in [3.05, 3.63) is 29.8 Å². The Kier molecular flexibility index (Phi) is 5.20. The number of carbonyl (C=O) groups excluding carboxylic acids is 2. The van der Waals surface area contributed by atoms with Crippen molar-refractivity contribution < 1.29 is 9.59 Å². The standard InChI is InChI=1S/C16H23N3O2/c1-11-2-6-14(7-3-11)19-15(20)10-18-13-8-4-12(5-9-13)16(17)21/h4-5,8-9,11,14,18H,2-3,6-7,10H2,1H3,(H2,17,21)(H,19,20). The Hall–Kier alpha value is -2.04. The van der Waals surface area contributed by atoms with Crippen LogP contribution in [0.3, 0.4) is 0 Å². The summed E-state index contributed by atoms with van der Waals surface area (Å²) in [7, 11) is 0. The monoisotopic (exact) mass is 289 g/mol. The first-order chi connectivity index (χ1) is 10.0. The van der Waals surface area contributed by atoms with Gasteiger partial charge in [0.1, 0.15) is 0 Å². The molecule has 0 aliphatic heterocycles. The quantitative estimate of drug-likeness (QED) is 0.774. The van der Waals surface area contributed by atoms with Crippen molar-refractivity contribution in [1.29, 1.82) is 0 Å². The Labute approximate surface area is 125 Å². The van der Waals surface area contributed by atoms with Crippen LogP contribution in [0.5, 0.6) is 0 Å². The third kappa shape index (κ3) is 4.77. The molecule has 21 heavy (non-hydrogen) atoms. The molecule has 1 fully saturated rings. The Balaban J connectivity index is 1.74. The number of hydrogen-bond donors (Lipinski definition) is 3. The van der Waals surface area contributed by atoms with E-state index in [9.17, 15) is 9.59 Å². The topological polar surface area (TPSA) is 84.2 Å². The Morgan fingerprint density at radius 2 is 1.76 bits per heavy atom. The van der Waals surface area contributed by atoms with Crippen molar-refractivity contribution in [2.24, 2.45) is 11.7 Å². The van der Waals surface area contributed by atoms with Gasteiger partial charge in [-0.05, 0) is 55.9 Å². The van der Waals surface area contributed by atoms with Crippen LogP contribution in [0, 0.1) is 5.92 Å². The maximum Gasteiger partial charge on any atom is 0.248 e. The number of hydrogen-bond acceptors (Lipinski definition) is 3. The average molecular weight is 289 g/mol. The van der Waals surface area contributed by atoms with Crippen LogP contribution in [-0.4, -0.2) is 24.4 Å². The number of rotatable bonds is 5. The molecular formula is C16H23N3O2. The van der Waals surface area contributed by atoms with Crippen molar-refractivity contribution in [3.63, 3.8) is 0 Å². The molecule has 1 aromatic carbocycles. The van der Waals surface area contributed by atoms with E-state index in [-0.39, 0.29) is 12.5 Å². The van der Waals surface area contributed by atoms with Crippen molar-refractivity contribution in [3.8, 4) is 0 Å². The van der Waals surface area contributed by atoms with Gasteiger partial charge in [-0.1, -0.05) is 6.92 Å². The second-order valence-electron chi connectivity index (χ2n) is 5.82. The lowest BCUT2D eigenvalue weighted by molar-refractivity contribution is -0.120. The lowest BCUT2D eigenvalue weighted by atomic mass is 9.87. The molecule has 0 atom stereocenters. The normalized spacial score (nSPS) is 21.6. The first-order valence-corrected chi connectivity index (χ1v) is 7.47. The third-order valence-electron chi connectivity index (χ3n) is 4.00. The van der Waals surface area contributed by atoms with Crippen LogP contribution in [0.2, 0.25) is 0 Å². The summed E-state index contributed by atoms with van der Waals surface area (Å²) in [6, 6.07) is 7.09. The van der Waals surface area contributed by atoms with Gasteiger partial charge in [-0.3, -0.25) is 9.59 Å². The number of primary amides is 1. The number of benzene rings is 1. The molecule has 5 nitrogen and oxygen atoms in total. The molecule has 114 valence electrons. The zero-order valence-corrected chi connectivity index (χ0v) is 12.4. The summed E-state index contributed by atoms with van der Waals surface area (Å²) >= 11 is 0. The van der Waals surface area contributed by atoms with Gasteiger partial charge >= 0.3 is 0 Å². The van der Waals surface area contributed by atoms with E-state index in [0.717, 1.165) is 24.4 Å². The number of carbonyl (C=O) groups is 2. The number of amides is 2. The van der Waals surface area contributed by atoms with E-state index in [0.29, 0.717) is 11.6 Å². The van der Waals surface area contributed by atoms with E-state index >= 15 is 0 Å². The van der Waals surface area contributed by atoms with Crippen LogP contribution in [0.1, 0.15) is 43.0 Å². The van der Waals surface area contributed by atoms with Gasteiger partial charge < -0.3 is 16.4 Å². The molecule has 2 rings (SSSR count). The van der Waals surface area contributed by atoms with Crippen molar-refractivity contribution in [2.45, 2.75) is 38.6 Å². The van der Waals surface area contributed by atoms with Gasteiger partial charge in [-0.15, -0.1) is 0 Å². The van der Waals surface area contributed by atoms with E-state index in [2.05, 4.69) is 17.6 Å². The van der Waals surface area contributed by atoms with Crippen LogP contribution >= 0.6 is 0 Å². The maximum absolute atomic E-state index is 11.9. The molecule has 0 radical (unpaired) electrons. The third-order valence-corrected chi connectivity index (χ3v) is 4.00. The van der Waals surface area contributed by atoms with Gasteiger partial charge in [0.25, 0.3) is 0 Å². The van der Waals surface area contributed by atoms with Crippen LogP contribution in [0.4, 0.5) is 5.69 Å². The SMILES string of the molecule is CC1CCC(NC(=O)CNc2ccc(C(N)=O)cc2)CC1. The Morgan fingerprint density at radius 3 is 2.33 bits per heavy atom. The molecule has 1 aliphatic carbocycles. The van der Waals surface area contributed by atoms with E-state index in [1.165, 1.54) is 12.8 Å². The van der Waals surface area contributed by atoms with E-state index < -0.39 is 5.91 Å². The van der Waals surface area contributed by atoms with E-state index in [4.69, 9.17) is 5.73 Å². The smallest absolute Gasteiger partial charge is 0.248 e. The van der Waals surface area contributed by atoms with E-state index in [1.54, 1.807) is 24.3 Å². The summed E-state index contributed by atoms with van der Waals surface area (Å²) in [6.07, 6.45) is 4.51. The van der Waals surface area contributed by atoms with E-state index in [1.807, 2.05) is 0 Å². The highest BCUT2D eigenvalue weighted by Gasteiger charge is 2.19. The summed E-state index contributed by atoms with van der Waals surface area (Å²) in [5.41, 5.74) is 6.43. The molecular weight excluding hydrogens is 266 g/mol. The minimum absolute atomic E-state index is 0.00790. The van der Waals surface area contributed by atoms with Crippen molar-refractivity contribution in [2.75, 3.05) is 11.9 Å². The van der Waals surface area contributed by atoms with Gasteiger partial charge in [0, 0.05) is 17.3 Å².